The van der Waals surface area contributed by atoms with Crippen LogP contribution in [0.3, 0.4) is 0 Å². The van der Waals surface area contributed by atoms with Crippen molar-refractivity contribution < 1.29 is 0 Å². The lowest BCUT2D eigenvalue weighted by molar-refractivity contribution is 0.169. The SMILES string of the molecule is [B]C1(C(C)(C)[B]C(C)(C)C)CCCCCC(C)(C(C)C)CCCC1. The molecule has 137 valence electrons. The molecule has 1 rings (SSSR count). The van der Waals surface area contributed by atoms with Crippen molar-refractivity contribution in [2.24, 2.45) is 11.3 Å². The van der Waals surface area contributed by atoms with Gasteiger partial charge in [-0.2, -0.15) is 0 Å². The van der Waals surface area contributed by atoms with E-state index in [4.69, 9.17) is 7.85 Å². The molecule has 0 aromatic rings. The van der Waals surface area contributed by atoms with Gasteiger partial charge in [-0.3, -0.25) is 0 Å². The van der Waals surface area contributed by atoms with Crippen LogP contribution in [0, 0.1) is 11.3 Å². The second kappa shape index (κ2) is 8.22. The summed E-state index contributed by atoms with van der Waals surface area (Å²) in [5, 5.41) is 0.248. The summed E-state index contributed by atoms with van der Waals surface area (Å²) in [6, 6.07) is 0. The predicted octanol–water partition coefficient (Wildman–Crippen LogP) is 7.62. The molecule has 1 aliphatic rings. The van der Waals surface area contributed by atoms with Gasteiger partial charge in [0.25, 0.3) is 0 Å². The molecular weight excluding hydrogens is 286 g/mol. The molecular formula is C22H43B2. The van der Waals surface area contributed by atoms with Gasteiger partial charge in [0.2, 0.25) is 0 Å². The van der Waals surface area contributed by atoms with Crippen molar-refractivity contribution in [2.45, 2.75) is 129 Å². The lowest BCUT2D eigenvalue weighted by Crippen LogP contribution is -2.35. The van der Waals surface area contributed by atoms with Gasteiger partial charge in [-0.05, 0) is 24.2 Å². The molecule has 0 N–H and O–H groups in total. The van der Waals surface area contributed by atoms with Crippen LogP contribution in [0.2, 0.25) is 15.9 Å². The van der Waals surface area contributed by atoms with Gasteiger partial charge < -0.3 is 0 Å². The lowest BCUT2D eigenvalue weighted by Gasteiger charge is -2.48. The molecule has 0 aliphatic heterocycles. The fraction of sp³-hybridized carbons (Fsp3) is 1.00. The average Bonchev–Trinajstić information content (AvgIpc) is 2.43. The van der Waals surface area contributed by atoms with Crippen LogP contribution in [0.1, 0.15) is 113 Å². The van der Waals surface area contributed by atoms with Gasteiger partial charge in [-0.1, -0.05) is 116 Å². The van der Waals surface area contributed by atoms with Gasteiger partial charge in [0, 0.05) is 0 Å². The molecule has 1 fully saturated rings. The first-order valence-corrected chi connectivity index (χ1v) is 10.5. The molecule has 3 radical (unpaired) electrons. The Hall–Kier alpha value is 0.130. The molecule has 0 saturated heterocycles. The highest BCUT2D eigenvalue weighted by Crippen LogP contribution is 2.58. The predicted molar refractivity (Wildman–Crippen MR) is 112 cm³/mol. The minimum Gasteiger partial charge on any atom is -0.0680 e. The van der Waals surface area contributed by atoms with Crippen molar-refractivity contribution >= 4 is 15.1 Å². The van der Waals surface area contributed by atoms with E-state index in [2.05, 4.69) is 62.7 Å². The zero-order valence-electron chi connectivity index (χ0n) is 18.1. The van der Waals surface area contributed by atoms with Crippen molar-refractivity contribution in [2.75, 3.05) is 0 Å². The van der Waals surface area contributed by atoms with Gasteiger partial charge in [-0.25, -0.2) is 0 Å². The molecule has 2 heteroatoms. The van der Waals surface area contributed by atoms with Gasteiger partial charge in [0.15, 0.2) is 0 Å². The van der Waals surface area contributed by atoms with Crippen LogP contribution in [-0.4, -0.2) is 15.1 Å². The minimum atomic E-state index is -0.0567. The van der Waals surface area contributed by atoms with Gasteiger partial charge in [0.05, 0.1) is 7.85 Å². The summed E-state index contributed by atoms with van der Waals surface area (Å²) >= 11 is 0. The maximum Gasteiger partial charge on any atom is 0.124 e. The second-order valence-electron chi connectivity index (χ2n) is 11.0. The summed E-state index contributed by atoms with van der Waals surface area (Å²) in [5.74, 6) is 0.784. The van der Waals surface area contributed by atoms with Crippen LogP contribution in [-0.2, 0) is 0 Å². The lowest BCUT2D eigenvalue weighted by atomic mass is 9.30. The molecule has 0 amide bonds. The first-order chi connectivity index (χ1) is 10.8. The Morgan fingerprint density at radius 2 is 1.21 bits per heavy atom. The zero-order chi connectivity index (χ0) is 18.6. The summed E-state index contributed by atoms with van der Waals surface area (Å²) in [6.45, 7) is 19.0. The van der Waals surface area contributed by atoms with E-state index in [1.54, 1.807) is 0 Å². The smallest absolute Gasteiger partial charge is 0.0680 e. The van der Waals surface area contributed by atoms with Crippen LogP contribution in [0.4, 0.5) is 0 Å². The van der Waals surface area contributed by atoms with Crippen molar-refractivity contribution in [1.29, 1.82) is 0 Å². The Morgan fingerprint density at radius 1 is 0.792 bits per heavy atom. The Labute approximate surface area is 156 Å². The zero-order valence-corrected chi connectivity index (χ0v) is 18.1. The van der Waals surface area contributed by atoms with Crippen molar-refractivity contribution in [3.63, 3.8) is 0 Å². The summed E-state index contributed by atoms with van der Waals surface area (Å²) in [6.07, 6.45) is 11.7. The minimum absolute atomic E-state index is 0.0567. The summed E-state index contributed by atoms with van der Waals surface area (Å²) in [4.78, 5) is 0. The fourth-order valence-electron chi connectivity index (χ4n) is 4.81. The van der Waals surface area contributed by atoms with E-state index in [-0.39, 0.29) is 15.9 Å². The molecule has 2 unspecified atom stereocenters. The third kappa shape index (κ3) is 6.14. The normalized spacial score (nSPS) is 31.5. The molecule has 1 aliphatic carbocycles. The molecule has 2 atom stereocenters. The Bertz CT molecular complexity index is 380. The molecule has 0 nitrogen and oxygen atoms in total. The highest BCUT2D eigenvalue weighted by molar-refractivity contribution is 6.46. The van der Waals surface area contributed by atoms with E-state index in [9.17, 15) is 0 Å². The number of hydrogen-bond acceptors (Lipinski definition) is 0. The quantitative estimate of drug-likeness (QED) is 0.467. The topological polar surface area (TPSA) is 0 Å². The highest BCUT2D eigenvalue weighted by Gasteiger charge is 2.42. The molecule has 0 heterocycles. The standard InChI is InChI=1S/C22H43B2/c1-18(2)21(8)14-10-9-11-16-22(23,17-13-12-15-21)20(6,7)24-19(3,4)5/h18H,9-17H2,1-8H3. The first kappa shape index (κ1) is 22.2. The van der Waals surface area contributed by atoms with Crippen LogP contribution in [0.15, 0.2) is 0 Å². The summed E-state index contributed by atoms with van der Waals surface area (Å²) in [5.41, 5.74) is 0.522. The van der Waals surface area contributed by atoms with E-state index < -0.39 is 0 Å². The first-order valence-electron chi connectivity index (χ1n) is 10.5. The van der Waals surface area contributed by atoms with E-state index in [0.29, 0.717) is 5.41 Å². The van der Waals surface area contributed by atoms with E-state index in [0.717, 1.165) is 5.92 Å². The van der Waals surface area contributed by atoms with Gasteiger partial charge >= 0.3 is 0 Å². The van der Waals surface area contributed by atoms with Crippen molar-refractivity contribution in [3.8, 4) is 0 Å². The molecule has 1 saturated carbocycles. The maximum absolute atomic E-state index is 7.08. The fourth-order valence-corrected chi connectivity index (χ4v) is 4.81. The third-order valence-electron chi connectivity index (χ3n) is 6.96. The Morgan fingerprint density at radius 3 is 1.67 bits per heavy atom. The highest BCUT2D eigenvalue weighted by atomic mass is 14.4. The van der Waals surface area contributed by atoms with Crippen LogP contribution < -0.4 is 0 Å². The maximum atomic E-state index is 7.08. The van der Waals surface area contributed by atoms with Crippen LogP contribution >= 0.6 is 0 Å². The van der Waals surface area contributed by atoms with E-state index >= 15 is 0 Å². The van der Waals surface area contributed by atoms with Gasteiger partial charge in [-0.15, -0.1) is 0 Å². The Balaban J connectivity index is 2.85. The van der Waals surface area contributed by atoms with Crippen LogP contribution in [0.5, 0.6) is 0 Å². The number of hydrogen-bond donors (Lipinski definition) is 0. The van der Waals surface area contributed by atoms with Crippen LogP contribution in [0.25, 0.3) is 0 Å². The Kier molecular flexibility index (Phi) is 7.59. The second-order valence-corrected chi connectivity index (χ2v) is 11.0. The molecule has 0 bridgehead atoms. The molecule has 0 aromatic heterocycles. The summed E-state index contributed by atoms with van der Waals surface area (Å²) < 4.78 is 0. The third-order valence-corrected chi connectivity index (χ3v) is 6.96. The van der Waals surface area contributed by atoms with Gasteiger partial charge in [0.1, 0.15) is 7.28 Å². The van der Waals surface area contributed by atoms with Crippen molar-refractivity contribution in [1.82, 2.24) is 0 Å². The largest absolute Gasteiger partial charge is 0.124 e. The average molecular weight is 329 g/mol. The molecule has 0 aromatic carbocycles. The van der Waals surface area contributed by atoms with E-state index in [1.807, 2.05) is 0 Å². The molecule has 24 heavy (non-hydrogen) atoms. The molecule has 0 spiro atoms. The summed E-state index contributed by atoms with van der Waals surface area (Å²) in [7, 11) is 9.59. The van der Waals surface area contributed by atoms with E-state index in [1.165, 1.54) is 57.8 Å². The monoisotopic (exact) mass is 329 g/mol. The number of rotatable bonds is 3. The van der Waals surface area contributed by atoms with Crippen molar-refractivity contribution in [3.05, 3.63) is 0 Å².